The van der Waals surface area contributed by atoms with Gasteiger partial charge in [0.2, 0.25) is 0 Å². The summed E-state index contributed by atoms with van der Waals surface area (Å²) in [5.74, 6) is 0. The van der Waals surface area contributed by atoms with Gasteiger partial charge in [-0.05, 0) is 115 Å². The number of aryl methyl sites for hydroxylation is 2. The summed E-state index contributed by atoms with van der Waals surface area (Å²) in [6, 6.07) is 17.4. The second kappa shape index (κ2) is 17.3. The van der Waals surface area contributed by atoms with Gasteiger partial charge in [-0.3, -0.25) is 0 Å². The minimum Gasteiger partial charge on any atom is -0.172 e. The number of thiophene rings is 4. The van der Waals surface area contributed by atoms with Gasteiger partial charge in [0.1, 0.15) is 11.0 Å². The Morgan fingerprint density at radius 1 is 0.438 bits per heavy atom. The van der Waals surface area contributed by atoms with E-state index in [1.807, 2.05) is 25.1 Å². The maximum atomic E-state index is 13.7. The third-order valence-electron chi connectivity index (χ3n) is 10.4. The zero-order valence-electron chi connectivity index (χ0n) is 33.1. The molecule has 334 valence electrons. The van der Waals surface area contributed by atoms with Crippen molar-refractivity contribution in [3.05, 3.63) is 118 Å². The van der Waals surface area contributed by atoms with E-state index >= 15 is 0 Å². The van der Waals surface area contributed by atoms with Crippen molar-refractivity contribution < 1.29 is 52.7 Å². The molecule has 2 nitrogen and oxygen atoms in total. The normalized spacial score (nSPS) is 12.8. The molecule has 5 heterocycles. The highest BCUT2D eigenvalue weighted by molar-refractivity contribution is 7.26. The minimum atomic E-state index is -4.98. The predicted octanol–water partition coefficient (Wildman–Crippen LogP) is 18.4. The first-order valence-corrected chi connectivity index (χ1v) is 23.4. The zero-order valence-corrected chi connectivity index (χ0v) is 37.2. The van der Waals surface area contributed by atoms with Gasteiger partial charge in [-0.1, -0.05) is 38.3 Å². The number of aromatic nitrogens is 2. The summed E-state index contributed by atoms with van der Waals surface area (Å²) in [4.78, 5) is 5.12. The van der Waals surface area contributed by atoms with Crippen molar-refractivity contribution in [2.75, 3.05) is 0 Å². The zero-order chi connectivity index (χ0) is 45.9. The first kappa shape index (κ1) is 46.0. The number of alkyl halides is 12. The Labute approximate surface area is 377 Å². The number of halogens is 12. The fourth-order valence-electron chi connectivity index (χ4n) is 7.25. The van der Waals surface area contributed by atoms with Crippen LogP contribution in [-0.4, -0.2) is 8.75 Å². The first-order chi connectivity index (χ1) is 30.1. The number of fused-ring (bicyclic) bond motifs is 1. The van der Waals surface area contributed by atoms with Crippen LogP contribution < -0.4 is 0 Å². The monoisotopic (exact) mass is 986 g/mol. The summed E-state index contributed by atoms with van der Waals surface area (Å²) in [6.45, 7) is 3.95. The van der Waals surface area contributed by atoms with Crippen LogP contribution in [0.5, 0.6) is 0 Å². The second-order valence-corrected chi connectivity index (χ2v) is 19.7. The Bertz CT molecular complexity index is 2910. The van der Waals surface area contributed by atoms with Crippen LogP contribution in [0.1, 0.15) is 66.0 Å². The topological polar surface area (TPSA) is 25.8 Å². The van der Waals surface area contributed by atoms with Crippen LogP contribution in [0.2, 0.25) is 0 Å². The number of nitrogens with zero attached hydrogens (tertiary/aromatic N) is 2. The van der Waals surface area contributed by atoms with Crippen molar-refractivity contribution in [3.63, 3.8) is 0 Å². The van der Waals surface area contributed by atoms with E-state index in [1.54, 1.807) is 12.1 Å². The maximum Gasteiger partial charge on any atom is 0.416 e. The van der Waals surface area contributed by atoms with Crippen LogP contribution >= 0.6 is 57.1 Å². The standard InChI is InChI=1S/C45H30F12N2S5/c1-3-4-5-6-7-23-19-37(63-41(23)35-13-11-33(61-35)25-17-28(44(52,53)54)21-29(18-25)45(55,56)57)31-9-8-30(38-39(31)59-64-58-38)36-14-22(2)40(62-36)34-12-10-32(60-34)24-15-26(42(46,47)48)20-27(16-24)43(49,50)51/h8-21H,3-7H2,1-2H3. The van der Waals surface area contributed by atoms with Gasteiger partial charge in [0, 0.05) is 50.1 Å². The van der Waals surface area contributed by atoms with E-state index in [2.05, 4.69) is 21.7 Å². The van der Waals surface area contributed by atoms with Crippen molar-refractivity contribution >= 4 is 68.1 Å². The van der Waals surface area contributed by atoms with Crippen LogP contribution in [0.15, 0.2) is 84.9 Å². The van der Waals surface area contributed by atoms with E-state index in [1.165, 1.54) is 34.8 Å². The molecule has 0 atom stereocenters. The highest BCUT2D eigenvalue weighted by Crippen LogP contribution is 2.49. The van der Waals surface area contributed by atoms with Crippen molar-refractivity contribution in [2.45, 2.75) is 70.7 Å². The van der Waals surface area contributed by atoms with Gasteiger partial charge in [0.15, 0.2) is 0 Å². The lowest BCUT2D eigenvalue weighted by Crippen LogP contribution is -2.10. The van der Waals surface area contributed by atoms with E-state index in [-0.39, 0.29) is 33.0 Å². The number of hydrogen-bond donors (Lipinski definition) is 0. The largest absolute Gasteiger partial charge is 0.416 e. The first-order valence-electron chi connectivity index (χ1n) is 19.4. The lowest BCUT2D eigenvalue weighted by Gasteiger charge is -2.13. The Hall–Kier alpha value is -4.56. The van der Waals surface area contributed by atoms with Gasteiger partial charge < -0.3 is 0 Å². The molecule has 0 amide bonds. The molecular formula is C45H30F12N2S5. The van der Waals surface area contributed by atoms with Crippen molar-refractivity contribution in [2.24, 2.45) is 0 Å². The van der Waals surface area contributed by atoms with E-state index in [0.717, 1.165) is 114 Å². The van der Waals surface area contributed by atoms with Crippen molar-refractivity contribution in [3.8, 4) is 61.3 Å². The van der Waals surface area contributed by atoms with Gasteiger partial charge in [-0.2, -0.15) is 61.4 Å². The number of unbranched alkanes of at least 4 members (excludes halogenated alkanes) is 3. The summed E-state index contributed by atoms with van der Waals surface area (Å²) in [7, 11) is 0. The molecule has 0 unspecified atom stereocenters. The number of hydrogen-bond acceptors (Lipinski definition) is 7. The van der Waals surface area contributed by atoms with Crippen LogP contribution in [-0.2, 0) is 31.1 Å². The lowest BCUT2D eigenvalue weighted by molar-refractivity contribution is -0.144. The molecule has 0 spiro atoms. The summed E-state index contributed by atoms with van der Waals surface area (Å²) < 4.78 is 173. The molecule has 19 heteroatoms. The van der Waals surface area contributed by atoms with Crippen molar-refractivity contribution in [1.29, 1.82) is 0 Å². The van der Waals surface area contributed by atoms with E-state index in [4.69, 9.17) is 0 Å². The Balaban J connectivity index is 1.13. The summed E-state index contributed by atoms with van der Waals surface area (Å²) in [5, 5.41) is 0. The fraction of sp³-hybridized carbons (Fsp3) is 0.244. The maximum absolute atomic E-state index is 13.7. The molecule has 0 bridgehead atoms. The third kappa shape index (κ3) is 9.55. The predicted molar refractivity (Wildman–Crippen MR) is 234 cm³/mol. The highest BCUT2D eigenvalue weighted by Gasteiger charge is 2.38. The molecule has 0 aliphatic heterocycles. The van der Waals surface area contributed by atoms with Gasteiger partial charge in [0.05, 0.1) is 34.0 Å². The number of rotatable bonds is 11. The average Bonchev–Trinajstić information content (AvgIpc) is 4.08. The molecule has 0 saturated carbocycles. The molecule has 3 aromatic carbocycles. The molecule has 0 radical (unpaired) electrons. The molecule has 0 N–H and O–H groups in total. The Kier molecular flexibility index (Phi) is 12.5. The van der Waals surface area contributed by atoms with Crippen LogP contribution in [0.25, 0.3) is 72.3 Å². The quantitative estimate of drug-likeness (QED) is 0.0953. The third-order valence-corrected chi connectivity index (χ3v) is 16.0. The van der Waals surface area contributed by atoms with E-state index in [9.17, 15) is 52.7 Å². The summed E-state index contributed by atoms with van der Waals surface area (Å²) in [6.07, 6.45) is -15.4. The van der Waals surface area contributed by atoms with Crippen LogP contribution in [0, 0.1) is 6.92 Å². The molecule has 64 heavy (non-hydrogen) atoms. The average molecular weight is 987 g/mol. The molecule has 0 fully saturated rings. The van der Waals surface area contributed by atoms with Crippen LogP contribution in [0.4, 0.5) is 52.7 Å². The van der Waals surface area contributed by atoms with Gasteiger partial charge in [-0.25, -0.2) is 0 Å². The SMILES string of the molecule is CCCCCCc1cc(-c2ccc(-c3cc(C)c(-c4ccc(-c5cc(C(F)(F)F)cc(C(F)(F)F)c5)s4)s3)c3nsnc23)sc1-c1ccc(-c2cc(C(F)(F)F)cc(C(F)(F)F)c2)s1. The van der Waals surface area contributed by atoms with E-state index < -0.39 is 47.0 Å². The molecule has 8 aromatic rings. The summed E-state index contributed by atoms with van der Waals surface area (Å²) in [5.41, 5.74) is -1.38. The van der Waals surface area contributed by atoms with Crippen LogP contribution in [0.3, 0.4) is 0 Å². The van der Waals surface area contributed by atoms with Gasteiger partial charge in [0.25, 0.3) is 0 Å². The second-order valence-electron chi connectivity index (χ2n) is 14.9. The number of benzene rings is 3. The molecule has 0 aliphatic carbocycles. The fourth-order valence-corrected chi connectivity index (χ4v) is 12.6. The van der Waals surface area contributed by atoms with Gasteiger partial charge in [-0.15, -0.1) is 45.3 Å². The molecular weight excluding hydrogens is 957 g/mol. The molecule has 8 rings (SSSR count). The Morgan fingerprint density at radius 3 is 1.31 bits per heavy atom. The lowest BCUT2D eigenvalue weighted by atomic mass is 10.0. The van der Waals surface area contributed by atoms with Crippen molar-refractivity contribution in [1.82, 2.24) is 8.75 Å². The minimum absolute atomic E-state index is 0.102. The molecule has 0 aliphatic rings. The Morgan fingerprint density at radius 2 is 0.859 bits per heavy atom. The molecule has 5 aromatic heterocycles. The van der Waals surface area contributed by atoms with E-state index in [0.29, 0.717) is 39.3 Å². The summed E-state index contributed by atoms with van der Waals surface area (Å²) >= 11 is 6.05. The van der Waals surface area contributed by atoms with Gasteiger partial charge >= 0.3 is 24.7 Å². The molecule has 0 saturated heterocycles. The highest BCUT2D eigenvalue weighted by atomic mass is 32.1. The smallest absolute Gasteiger partial charge is 0.172 e.